The first-order valence-corrected chi connectivity index (χ1v) is 6.55. The predicted octanol–water partition coefficient (Wildman–Crippen LogP) is 2.91. The molecular formula is C15H18N2O3. The zero-order chi connectivity index (χ0) is 14.8. The number of nitrogens with zero attached hydrogens (tertiary/aromatic N) is 1. The van der Waals surface area contributed by atoms with E-state index in [0.29, 0.717) is 24.3 Å². The molecule has 1 atom stereocenters. The summed E-state index contributed by atoms with van der Waals surface area (Å²) in [5.74, 6) is 0.705. The molecule has 106 valence electrons. The van der Waals surface area contributed by atoms with Crippen molar-refractivity contribution in [1.29, 1.82) is 5.26 Å². The van der Waals surface area contributed by atoms with Gasteiger partial charge in [0.25, 0.3) is 0 Å². The summed E-state index contributed by atoms with van der Waals surface area (Å²) < 4.78 is 10.8. The van der Waals surface area contributed by atoms with E-state index in [1.807, 2.05) is 20.8 Å². The lowest BCUT2D eigenvalue weighted by Crippen LogP contribution is -2.36. The number of amides is 1. The van der Waals surface area contributed by atoms with Crippen LogP contribution in [-0.4, -0.2) is 18.3 Å². The number of fused-ring (bicyclic) bond motifs is 1. The Bertz CT molecular complexity index is 555. The van der Waals surface area contributed by atoms with E-state index in [1.54, 1.807) is 18.2 Å². The van der Waals surface area contributed by atoms with Gasteiger partial charge in [-0.25, -0.2) is 4.79 Å². The molecule has 5 heteroatoms. The van der Waals surface area contributed by atoms with Crippen molar-refractivity contribution in [2.24, 2.45) is 0 Å². The van der Waals surface area contributed by atoms with E-state index in [4.69, 9.17) is 14.7 Å². The Morgan fingerprint density at radius 2 is 2.25 bits per heavy atom. The van der Waals surface area contributed by atoms with Gasteiger partial charge in [-0.3, -0.25) is 0 Å². The topological polar surface area (TPSA) is 71.3 Å². The molecule has 1 aromatic rings. The van der Waals surface area contributed by atoms with Gasteiger partial charge in [0.15, 0.2) is 0 Å². The van der Waals surface area contributed by atoms with Crippen LogP contribution in [0.15, 0.2) is 18.2 Å². The third-order valence-corrected chi connectivity index (χ3v) is 2.87. The first-order valence-electron chi connectivity index (χ1n) is 6.55. The van der Waals surface area contributed by atoms with E-state index in [0.717, 1.165) is 5.56 Å². The number of nitrogens with one attached hydrogen (secondary N) is 1. The van der Waals surface area contributed by atoms with Crippen molar-refractivity contribution < 1.29 is 14.3 Å². The van der Waals surface area contributed by atoms with Crippen LogP contribution in [0.5, 0.6) is 5.75 Å². The van der Waals surface area contributed by atoms with E-state index in [2.05, 4.69) is 11.4 Å². The maximum atomic E-state index is 11.9. The lowest BCUT2D eigenvalue weighted by atomic mass is 9.99. The normalized spacial score (nSPS) is 17.4. The lowest BCUT2D eigenvalue weighted by molar-refractivity contribution is 0.0491. The maximum absolute atomic E-state index is 11.9. The van der Waals surface area contributed by atoms with Crippen molar-refractivity contribution >= 4 is 6.09 Å². The second-order valence-corrected chi connectivity index (χ2v) is 5.70. The van der Waals surface area contributed by atoms with Crippen molar-refractivity contribution in [3.8, 4) is 11.8 Å². The SMILES string of the molecule is CC(C)(C)OC(=O)N[C@H]1CCOc2ccc(C#N)cc21. The zero-order valence-electron chi connectivity index (χ0n) is 11.9. The molecule has 5 nitrogen and oxygen atoms in total. The summed E-state index contributed by atoms with van der Waals surface area (Å²) in [6.07, 6.45) is 0.193. The van der Waals surface area contributed by atoms with E-state index in [9.17, 15) is 4.79 Å². The van der Waals surface area contributed by atoms with Gasteiger partial charge >= 0.3 is 6.09 Å². The average molecular weight is 274 g/mol. The van der Waals surface area contributed by atoms with Gasteiger partial charge in [-0.1, -0.05) is 0 Å². The Balaban J connectivity index is 2.16. The Morgan fingerprint density at radius 3 is 2.90 bits per heavy atom. The number of carbonyl (C=O) groups is 1. The largest absolute Gasteiger partial charge is 0.493 e. The van der Waals surface area contributed by atoms with Crippen LogP contribution in [0.25, 0.3) is 0 Å². The molecule has 0 spiro atoms. The molecule has 1 N–H and O–H groups in total. The molecule has 0 saturated carbocycles. The van der Waals surface area contributed by atoms with Crippen LogP contribution in [0.1, 0.15) is 44.4 Å². The van der Waals surface area contributed by atoms with E-state index >= 15 is 0 Å². The monoisotopic (exact) mass is 274 g/mol. The molecule has 0 bridgehead atoms. The van der Waals surface area contributed by atoms with Gasteiger partial charge in [-0.15, -0.1) is 0 Å². The number of carbonyl (C=O) groups excluding carboxylic acids is 1. The molecule has 0 aromatic heterocycles. The predicted molar refractivity (Wildman–Crippen MR) is 73.4 cm³/mol. The summed E-state index contributed by atoms with van der Waals surface area (Å²) in [6.45, 7) is 5.98. The first-order chi connectivity index (χ1) is 9.39. The smallest absolute Gasteiger partial charge is 0.408 e. The Kier molecular flexibility index (Phi) is 3.84. The summed E-state index contributed by atoms with van der Waals surface area (Å²) >= 11 is 0. The van der Waals surface area contributed by atoms with Crippen molar-refractivity contribution in [3.63, 3.8) is 0 Å². The zero-order valence-corrected chi connectivity index (χ0v) is 11.9. The molecule has 1 aliphatic rings. The number of rotatable bonds is 1. The van der Waals surface area contributed by atoms with Gasteiger partial charge in [0.1, 0.15) is 11.4 Å². The molecule has 0 aliphatic carbocycles. The van der Waals surface area contributed by atoms with Crippen LogP contribution in [-0.2, 0) is 4.74 Å². The van der Waals surface area contributed by atoms with Crippen molar-refractivity contribution in [2.75, 3.05) is 6.61 Å². The third-order valence-electron chi connectivity index (χ3n) is 2.87. The third kappa shape index (κ3) is 3.41. The fraction of sp³-hybridized carbons (Fsp3) is 0.467. The van der Waals surface area contributed by atoms with Gasteiger partial charge in [0.05, 0.1) is 24.3 Å². The molecule has 0 unspecified atom stereocenters. The first kappa shape index (κ1) is 14.2. The number of ether oxygens (including phenoxy) is 2. The van der Waals surface area contributed by atoms with Gasteiger partial charge in [-0.2, -0.15) is 5.26 Å². The summed E-state index contributed by atoms with van der Waals surface area (Å²) in [6, 6.07) is 7.11. The Morgan fingerprint density at radius 1 is 1.50 bits per heavy atom. The number of hydrogen-bond donors (Lipinski definition) is 1. The molecule has 0 saturated heterocycles. The van der Waals surface area contributed by atoms with E-state index < -0.39 is 11.7 Å². The fourth-order valence-electron chi connectivity index (χ4n) is 2.06. The van der Waals surface area contributed by atoms with Crippen LogP contribution in [0.3, 0.4) is 0 Å². The van der Waals surface area contributed by atoms with Crippen LogP contribution in [0.4, 0.5) is 4.79 Å². The number of hydrogen-bond acceptors (Lipinski definition) is 4. The lowest BCUT2D eigenvalue weighted by Gasteiger charge is -2.28. The van der Waals surface area contributed by atoms with E-state index in [1.165, 1.54) is 0 Å². The van der Waals surface area contributed by atoms with Crippen LogP contribution >= 0.6 is 0 Å². The fourth-order valence-corrected chi connectivity index (χ4v) is 2.06. The molecule has 1 amide bonds. The molecule has 0 fully saturated rings. The summed E-state index contributed by atoms with van der Waals surface area (Å²) in [4.78, 5) is 11.9. The second kappa shape index (κ2) is 5.41. The highest BCUT2D eigenvalue weighted by Gasteiger charge is 2.25. The molecule has 1 aromatic carbocycles. The molecular weight excluding hydrogens is 256 g/mol. The molecule has 20 heavy (non-hydrogen) atoms. The van der Waals surface area contributed by atoms with E-state index in [-0.39, 0.29) is 6.04 Å². The molecule has 2 rings (SSSR count). The number of nitriles is 1. The molecule has 1 heterocycles. The Hall–Kier alpha value is -2.22. The minimum Gasteiger partial charge on any atom is -0.493 e. The van der Waals surface area contributed by atoms with Gasteiger partial charge in [-0.05, 0) is 39.0 Å². The molecule has 0 radical (unpaired) electrons. The quantitative estimate of drug-likeness (QED) is 0.854. The average Bonchev–Trinajstić information content (AvgIpc) is 2.36. The number of benzene rings is 1. The summed E-state index contributed by atoms with van der Waals surface area (Å²) in [5.41, 5.74) is 0.832. The van der Waals surface area contributed by atoms with Gasteiger partial charge < -0.3 is 14.8 Å². The highest BCUT2D eigenvalue weighted by atomic mass is 16.6. The summed E-state index contributed by atoms with van der Waals surface area (Å²) in [5, 5.41) is 11.8. The minimum absolute atomic E-state index is 0.193. The summed E-state index contributed by atoms with van der Waals surface area (Å²) in [7, 11) is 0. The van der Waals surface area contributed by atoms with Crippen LogP contribution < -0.4 is 10.1 Å². The number of alkyl carbamates (subject to hydrolysis) is 1. The van der Waals surface area contributed by atoms with Crippen LogP contribution in [0.2, 0.25) is 0 Å². The van der Waals surface area contributed by atoms with Gasteiger partial charge in [0.2, 0.25) is 0 Å². The highest BCUT2D eigenvalue weighted by Crippen LogP contribution is 2.32. The van der Waals surface area contributed by atoms with Crippen molar-refractivity contribution in [2.45, 2.75) is 38.8 Å². The minimum atomic E-state index is -0.535. The van der Waals surface area contributed by atoms with Crippen LogP contribution in [0, 0.1) is 11.3 Å². The van der Waals surface area contributed by atoms with Crippen molar-refractivity contribution in [1.82, 2.24) is 5.32 Å². The van der Waals surface area contributed by atoms with Crippen molar-refractivity contribution in [3.05, 3.63) is 29.3 Å². The molecule has 1 aliphatic heterocycles. The Labute approximate surface area is 118 Å². The second-order valence-electron chi connectivity index (χ2n) is 5.70. The standard InChI is InChI=1S/C15H18N2O3/c1-15(2,3)20-14(18)17-12-6-7-19-13-5-4-10(9-16)8-11(12)13/h4-5,8,12H,6-7H2,1-3H3,(H,17,18)/t12-/m0/s1. The maximum Gasteiger partial charge on any atom is 0.408 e. The van der Waals surface area contributed by atoms with Gasteiger partial charge in [0, 0.05) is 12.0 Å². The highest BCUT2D eigenvalue weighted by molar-refractivity contribution is 5.68.